The van der Waals surface area contributed by atoms with Gasteiger partial charge in [0.15, 0.2) is 10.6 Å². The van der Waals surface area contributed by atoms with Gasteiger partial charge in [0.25, 0.3) is 0 Å². The zero-order chi connectivity index (χ0) is 24.2. The number of aryl methyl sites for hydroxylation is 1. The minimum atomic E-state index is -0.336. The number of anilines is 1. The van der Waals surface area contributed by atoms with Gasteiger partial charge >= 0.3 is 0 Å². The molecule has 0 bridgehead atoms. The first-order valence-corrected chi connectivity index (χ1v) is 12.2. The van der Waals surface area contributed by atoms with Gasteiger partial charge in [-0.1, -0.05) is 43.5 Å². The maximum absolute atomic E-state index is 13.1. The highest BCUT2D eigenvalue weighted by Gasteiger charge is 2.28. The van der Waals surface area contributed by atoms with E-state index in [2.05, 4.69) is 41.9 Å². The topological polar surface area (TPSA) is 55.1 Å². The lowest BCUT2D eigenvalue weighted by Crippen LogP contribution is -2.32. The van der Waals surface area contributed by atoms with Crippen LogP contribution in [0.15, 0.2) is 48.5 Å². The fourth-order valence-corrected chi connectivity index (χ4v) is 5.05. The second-order valence-corrected chi connectivity index (χ2v) is 9.75. The number of hydrogen-bond acceptors (Lipinski definition) is 4. The molecule has 6 nitrogen and oxygen atoms in total. The van der Waals surface area contributed by atoms with Gasteiger partial charge in [-0.15, -0.1) is 0 Å². The molecular formula is C26H32FN5OS. The van der Waals surface area contributed by atoms with E-state index in [1.54, 1.807) is 12.1 Å². The van der Waals surface area contributed by atoms with Crippen LogP contribution in [0.4, 0.5) is 10.1 Å². The zero-order valence-electron chi connectivity index (χ0n) is 20.0. The fourth-order valence-electron chi connectivity index (χ4n) is 4.73. The highest BCUT2D eigenvalue weighted by Crippen LogP contribution is 2.36. The standard InChI is InChI=1S/C26H32FN5OS/c1-18-7-6-9-20(15-18)25-29-31(26(34)32(25)23-10-5-4-8-19(23)2)17-30(3)16-24(33)28-22-13-11-21(27)12-14-22/h6-7,9,11-15,19,23H,4-5,8,10,16-17H2,1-3H3,(H,28,33)/t19-,23-/m0/s1. The van der Waals surface area contributed by atoms with Crippen molar-refractivity contribution in [1.29, 1.82) is 0 Å². The van der Waals surface area contributed by atoms with Crippen molar-refractivity contribution in [3.8, 4) is 11.4 Å². The summed E-state index contributed by atoms with van der Waals surface area (Å²) in [5, 5.41) is 7.73. The third-order valence-electron chi connectivity index (χ3n) is 6.46. The van der Waals surface area contributed by atoms with Crippen LogP contribution in [0.1, 0.15) is 44.2 Å². The average molecular weight is 482 g/mol. The number of rotatable bonds is 7. The monoisotopic (exact) mass is 481 g/mol. The van der Waals surface area contributed by atoms with Crippen molar-refractivity contribution in [3.05, 3.63) is 64.7 Å². The Morgan fingerprint density at radius 1 is 1.21 bits per heavy atom. The van der Waals surface area contributed by atoms with Gasteiger partial charge in [-0.3, -0.25) is 14.3 Å². The van der Waals surface area contributed by atoms with E-state index in [1.807, 2.05) is 22.7 Å². The highest BCUT2D eigenvalue weighted by atomic mass is 32.1. The van der Waals surface area contributed by atoms with Gasteiger partial charge in [0.2, 0.25) is 5.91 Å². The molecule has 1 heterocycles. The fraction of sp³-hybridized carbons (Fsp3) is 0.423. The predicted molar refractivity (Wildman–Crippen MR) is 136 cm³/mol. The molecule has 1 aromatic heterocycles. The molecule has 1 aliphatic carbocycles. The van der Waals surface area contributed by atoms with Gasteiger partial charge in [0.05, 0.1) is 13.2 Å². The van der Waals surface area contributed by atoms with Crippen LogP contribution in [0.5, 0.6) is 0 Å². The number of aromatic nitrogens is 3. The second kappa shape index (κ2) is 10.6. The van der Waals surface area contributed by atoms with E-state index in [4.69, 9.17) is 17.3 Å². The van der Waals surface area contributed by atoms with Crippen LogP contribution >= 0.6 is 12.2 Å². The van der Waals surface area contributed by atoms with E-state index in [9.17, 15) is 9.18 Å². The Morgan fingerprint density at radius 2 is 1.94 bits per heavy atom. The lowest BCUT2D eigenvalue weighted by atomic mass is 9.85. The molecule has 0 unspecified atom stereocenters. The van der Waals surface area contributed by atoms with Gasteiger partial charge in [-0.25, -0.2) is 9.07 Å². The van der Waals surface area contributed by atoms with Crippen LogP contribution in [0.2, 0.25) is 0 Å². The van der Waals surface area contributed by atoms with Crippen molar-refractivity contribution in [2.75, 3.05) is 18.9 Å². The molecule has 0 radical (unpaired) electrons. The van der Waals surface area contributed by atoms with Crippen LogP contribution in [-0.4, -0.2) is 38.7 Å². The Hall–Kier alpha value is -2.84. The molecule has 8 heteroatoms. The number of hydrogen-bond donors (Lipinski definition) is 1. The highest BCUT2D eigenvalue weighted by molar-refractivity contribution is 7.71. The van der Waals surface area contributed by atoms with Crippen LogP contribution in [0.25, 0.3) is 11.4 Å². The first kappa shape index (κ1) is 24.3. The molecule has 2 atom stereocenters. The maximum Gasteiger partial charge on any atom is 0.238 e. The summed E-state index contributed by atoms with van der Waals surface area (Å²) >= 11 is 5.93. The number of nitrogens with zero attached hydrogens (tertiary/aromatic N) is 4. The molecule has 3 aromatic rings. The third kappa shape index (κ3) is 5.62. The van der Waals surface area contributed by atoms with Crippen molar-refractivity contribution >= 4 is 23.8 Å². The van der Waals surface area contributed by atoms with E-state index < -0.39 is 0 Å². The molecule has 1 fully saturated rings. The molecule has 1 N–H and O–H groups in total. The van der Waals surface area contributed by atoms with E-state index in [1.165, 1.54) is 37.0 Å². The Balaban J connectivity index is 1.56. The molecule has 1 aliphatic rings. The van der Waals surface area contributed by atoms with Crippen molar-refractivity contribution in [2.24, 2.45) is 5.92 Å². The second-order valence-electron chi connectivity index (χ2n) is 9.38. The molecule has 180 valence electrons. The number of carbonyl (C=O) groups is 1. The molecule has 0 spiro atoms. The summed E-state index contributed by atoms with van der Waals surface area (Å²) in [7, 11) is 1.86. The summed E-state index contributed by atoms with van der Waals surface area (Å²) in [5.74, 6) is 0.897. The van der Waals surface area contributed by atoms with Crippen molar-refractivity contribution in [1.82, 2.24) is 19.2 Å². The predicted octanol–water partition coefficient (Wildman–Crippen LogP) is 5.81. The summed E-state index contributed by atoms with van der Waals surface area (Å²) < 4.78 is 17.8. The lowest BCUT2D eigenvalue weighted by Gasteiger charge is -2.30. The SMILES string of the molecule is Cc1cccc(-c2nn(CN(C)CC(=O)Nc3ccc(F)cc3)c(=S)n2[C@H]2CCCC[C@@H]2C)c1. The quantitative estimate of drug-likeness (QED) is 0.433. The smallest absolute Gasteiger partial charge is 0.238 e. The Kier molecular flexibility index (Phi) is 7.58. The number of benzene rings is 2. The molecule has 0 aliphatic heterocycles. The summed E-state index contributed by atoms with van der Waals surface area (Å²) in [6, 6.07) is 14.4. The summed E-state index contributed by atoms with van der Waals surface area (Å²) in [4.78, 5) is 14.4. The van der Waals surface area contributed by atoms with Gasteiger partial charge in [0, 0.05) is 17.3 Å². The largest absolute Gasteiger partial charge is 0.325 e. The van der Waals surface area contributed by atoms with E-state index in [0.29, 0.717) is 29.1 Å². The van der Waals surface area contributed by atoms with Crippen molar-refractivity contribution in [3.63, 3.8) is 0 Å². The Bertz CT molecular complexity index is 1200. The average Bonchev–Trinajstić information content (AvgIpc) is 3.11. The van der Waals surface area contributed by atoms with Gasteiger partial charge in [0.1, 0.15) is 5.82 Å². The summed E-state index contributed by atoms with van der Waals surface area (Å²) in [5.41, 5.74) is 2.80. The van der Waals surface area contributed by atoms with Crippen LogP contribution in [0.3, 0.4) is 0 Å². The van der Waals surface area contributed by atoms with Crippen LogP contribution < -0.4 is 5.32 Å². The molecule has 2 aromatic carbocycles. The first-order chi connectivity index (χ1) is 16.3. The van der Waals surface area contributed by atoms with Gasteiger partial charge in [-0.05, 0) is 75.3 Å². The van der Waals surface area contributed by atoms with E-state index in [-0.39, 0.29) is 18.3 Å². The molecule has 1 saturated carbocycles. The Labute approximate surface area is 205 Å². The Morgan fingerprint density at radius 3 is 2.65 bits per heavy atom. The molecule has 34 heavy (non-hydrogen) atoms. The summed E-state index contributed by atoms with van der Waals surface area (Å²) in [6.45, 7) is 4.93. The number of halogens is 1. The van der Waals surface area contributed by atoms with E-state index >= 15 is 0 Å². The van der Waals surface area contributed by atoms with Gasteiger partial charge in [-0.2, -0.15) is 5.10 Å². The zero-order valence-corrected chi connectivity index (χ0v) is 20.8. The maximum atomic E-state index is 13.1. The van der Waals surface area contributed by atoms with Gasteiger partial charge < -0.3 is 5.32 Å². The van der Waals surface area contributed by atoms with Crippen LogP contribution in [0, 0.1) is 23.4 Å². The normalized spacial score (nSPS) is 18.3. The first-order valence-electron chi connectivity index (χ1n) is 11.8. The van der Waals surface area contributed by atoms with Crippen molar-refractivity contribution < 1.29 is 9.18 Å². The lowest BCUT2D eigenvalue weighted by molar-refractivity contribution is -0.117. The molecular weight excluding hydrogens is 449 g/mol. The molecule has 4 rings (SSSR count). The number of amides is 1. The van der Waals surface area contributed by atoms with Crippen LogP contribution in [-0.2, 0) is 11.5 Å². The minimum Gasteiger partial charge on any atom is -0.325 e. The van der Waals surface area contributed by atoms with Crippen molar-refractivity contribution in [2.45, 2.75) is 52.2 Å². The van der Waals surface area contributed by atoms with E-state index in [0.717, 1.165) is 17.8 Å². The number of likely N-dealkylation sites (N-methyl/N-ethyl adjacent to an activating group) is 1. The minimum absolute atomic E-state index is 0.158. The third-order valence-corrected chi connectivity index (χ3v) is 6.87. The number of nitrogens with one attached hydrogen (secondary N) is 1. The summed E-state index contributed by atoms with van der Waals surface area (Å²) in [6.07, 6.45) is 4.73. The molecule has 1 amide bonds. The molecule has 0 saturated heterocycles. The number of carbonyl (C=O) groups excluding carboxylic acids is 1.